The summed E-state index contributed by atoms with van der Waals surface area (Å²) in [5.74, 6) is 1.98. The Kier molecular flexibility index (Phi) is 6.85. The third kappa shape index (κ3) is 4.97. The van der Waals surface area contributed by atoms with Crippen molar-refractivity contribution < 1.29 is 9.53 Å². The number of likely N-dealkylation sites (tertiary alicyclic amines) is 1. The van der Waals surface area contributed by atoms with Crippen LogP contribution in [0.1, 0.15) is 30.1 Å². The van der Waals surface area contributed by atoms with Crippen molar-refractivity contribution in [2.75, 3.05) is 13.1 Å². The normalized spacial score (nSPS) is 18.2. The number of ether oxygens (including phenoxy) is 1. The van der Waals surface area contributed by atoms with E-state index in [1.54, 1.807) is 0 Å². The molecule has 4 nitrogen and oxygen atoms in total. The summed E-state index contributed by atoms with van der Waals surface area (Å²) in [4.78, 5) is 14.6. The number of nitrogens with zero attached hydrogens (tertiary/aromatic N) is 1. The van der Waals surface area contributed by atoms with Crippen molar-refractivity contribution in [2.45, 2.75) is 25.8 Å². The van der Waals surface area contributed by atoms with Crippen LogP contribution in [0.2, 0.25) is 0 Å². The molecule has 3 rings (SSSR count). The number of rotatable bonds is 4. The molecule has 2 aromatic rings. The van der Waals surface area contributed by atoms with Gasteiger partial charge in [0.15, 0.2) is 0 Å². The maximum atomic E-state index is 12.7. The van der Waals surface area contributed by atoms with Gasteiger partial charge in [-0.05, 0) is 62.1 Å². The van der Waals surface area contributed by atoms with Gasteiger partial charge in [0.05, 0.1) is 0 Å². The molecule has 1 aliphatic heterocycles. The number of nitrogens with two attached hydrogens (primary N) is 1. The monoisotopic (exact) mass is 360 g/mol. The molecule has 2 aromatic carbocycles. The van der Waals surface area contributed by atoms with E-state index in [1.165, 1.54) is 0 Å². The first-order valence-corrected chi connectivity index (χ1v) is 8.51. The van der Waals surface area contributed by atoms with Crippen LogP contribution in [0.3, 0.4) is 0 Å². The molecular weight excluding hydrogens is 336 g/mol. The lowest BCUT2D eigenvalue weighted by atomic mass is 9.92. The summed E-state index contributed by atoms with van der Waals surface area (Å²) in [6, 6.07) is 17.1. The quantitative estimate of drug-likeness (QED) is 0.893. The fourth-order valence-electron chi connectivity index (χ4n) is 3.10. The van der Waals surface area contributed by atoms with Gasteiger partial charge in [-0.15, -0.1) is 12.4 Å². The first kappa shape index (κ1) is 19.3. The second-order valence-electron chi connectivity index (χ2n) is 6.45. The van der Waals surface area contributed by atoms with E-state index in [0.717, 1.165) is 37.4 Å². The van der Waals surface area contributed by atoms with E-state index >= 15 is 0 Å². The first-order chi connectivity index (χ1) is 11.6. The molecule has 0 bridgehead atoms. The molecule has 0 aromatic heterocycles. The van der Waals surface area contributed by atoms with Crippen molar-refractivity contribution in [3.63, 3.8) is 0 Å². The summed E-state index contributed by atoms with van der Waals surface area (Å²) < 4.78 is 5.77. The topological polar surface area (TPSA) is 55.6 Å². The Labute approximate surface area is 155 Å². The Hall–Kier alpha value is -2.04. The zero-order chi connectivity index (χ0) is 16.9. The van der Waals surface area contributed by atoms with Crippen molar-refractivity contribution in [1.82, 2.24) is 4.90 Å². The van der Waals surface area contributed by atoms with E-state index in [9.17, 15) is 4.79 Å². The van der Waals surface area contributed by atoms with Crippen LogP contribution in [0, 0.1) is 5.92 Å². The number of para-hydroxylation sites is 1. The van der Waals surface area contributed by atoms with Crippen LogP contribution in [-0.4, -0.2) is 29.9 Å². The Morgan fingerprint density at radius 2 is 1.76 bits per heavy atom. The van der Waals surface area contributed by atoms with E-state index in [4.69, 9.17) is 10.5 Å². The smallest absolute Gasteiger partial charge is 0.253 e. The van der Waals surface area contributed by atoms with Gasteiger partial charge in [-0.3, -0.25) is 4.79 Å². The Morgan fingerprint density at radius 1 is 1.12 bits per heavy atom. The molecule has 5 heteroatoms. The number of carbonyl (C=O) groups is 1. The first-order valence-electron chi connectivity index (χ1n) is 8.51. The molecule has 0 aliphatic carbocycles. The third-order valence-electron chi connectivity index (χ3n) is 4.57. The number of hydrogen-bond acceptors (Lipinski definition) is 3. The van der Waals surface area contributed by atoms with Crippen LogP contribution in [0.4, 0.5) is 0 Å². The Balaban J connectivity index is 0.00000225. The molecule has 134 valence electrons. The summed E-state index contributed by atoms with van der Waals surface area (Å²) in [5.41, 5.74) is 6.70. The van der Waals surface area contributed by atoms with Crippen LogP contribution in [0.5, 0.6) is 11.5 Å². The van der Waals surface area contributed by atoms with Gasteiger partial charge in [0.25, 0.3) is 5.91 Å². The van der Waals surface area contributed by atoms with Gasteiger partial charge in [-0.1, -0.05) is 18.2 Å². The maximum absolute atomic E-state index is 12.7. The molecule has 1 heterocycles. The van der Waals surface area contributed by atoms with E-state index in [0.29, 0.717) is 11.5 Å². The second kappa shape index (κ2) is 8.88. The van der Waals surface area contributed by atoms with Gasteiger partial charge in [0.2, 0.25) is 0 Å². The van der Waals surface area contributed by atoms with Crippen molar-refractivity contribution in [2.24, 2.45) is 11.7 Å². The molecule has 25 heavy (non-hydrogen) atoms. The summed E-state index contributed by atoms with van der Waals surface area (Å²) in [6.45, 7) is 3.58. The van der Waals surface area contributed by atoms with Crippen molar-refractivity contribution in [3.8, 4) is 11.5 Å². The van der Waals surface area contributed by atoms with Crippen LogP contribution in [0.15, 0.2) is 54.6 Å². The molecule has 2 N–H and O–H groups in total. The summed E-state index contributed by atoms with van der Waals surface area (Å²) in [5, 5.41) is 0. The molecule has 0 radical (unpaired) electrons. The minimum Gasteiger partial charge on any atom is -0.457 e. The lowest BCUT2D eigenvalue weighted by molar-refractivity contribution is 0.0661. The standard InChI is InChI=1S/C20H24N2O2.ClH/c1-15(21)17-6-5-13-22(14-17)20(23)16-9-11-19(12-10-16)24-18-7-3-2-4-8-18;/h2-4,7-12,15,17H,5-6,13-14,21H2,1H3;1H. The average Bonchev–Trinajstić information content (AvgIpc) is 2.63. The van der Waals surface area contributed by atoms with Gasteiger partial charge in [-0.25, -0.2) is 0 Å². The molecular formula is C20H25ClN2O2. The van der Waals surface area contributed by atoms with Crippen LogP contribution in [-0.2, 0) is 0 Å². The number of hydrogen-bond donors (Lipinski definition) is 1. The molecule has 2 atom stereocenters. The van der Waals surface area contributed by atoms with Crippen molar-refractivity contribution in [1.29, 1.82) is 0 Å². The highest BCUT2D eigenvalue weighted by Gasteiger charge is 2.26. The third-order valence-corrected chi connectivity index (χ3v) is 4.57. The molecule has 0 spiro atoms. The van der Waals surface area contributed by atoms with E-state index < -0.39 is 0 Å². The highest BCUT2D eigenvalue weighted by molar-refractivity contribution is 5.94. The second-order valence-corrected chi connectivity index (χ2v) is 6.45. The number of amides is 1. The SMILES string of the molecule is CC(N)C1CCCN(C(=O)c2ccc(Oc3ccccc3)cc2)C1.Cl. The molecule has 1 fully saturated rings. The number of carbonyl (C=O) groups excluding carboxylic acids is 1. The van der Waals surface area contributed by atoms with Gasteiger partial charge < -0.3 is 15.4 Å². The predicted molar refractivity (Wildman–Crippen MR) is 102 cm³/mol. The fourth-order valence-corrected chi connectivity index (χ4v) is 3.10. The minimum absolute atomic E-state index is 0. The highest BCUT2D eigenvalue weighted by atomic mass is 35.5. The number of halogens is 1. The predicted octanol–water partition coefficient (Wildman–Crippen LogP) is 4.10. The minimum atomic E-state index is 0. The molecule has 1 aliphatic rings. The van der Waals surface area contributed by atoms with Crippen molar-refractivity contribution >= 4 is 18.3 Å². The van der Waals surface area contributed by atoms with Gasteiger partial charge >= 0.3 is 0 Å². The van der Waals surface area contributed by atoms with Crippen molar-refractivity contribution in [3.05, 3.63) is 60.2 Å². The number of piperidine rings is 1. The zero-order valence-corrected chi connectivity index (χ0v) is 15.2. The van der Waals surface area contributed by atoms with Gasteiger partial charge in [-0.2, -0.15) is 0 Å². The van der Waals surface area contributed by atoms with Crippen LogP contribution >= 0.6 is 12.4 Å². The lowest BCUT2D eigenvalue weighted by Crippen LogP contribution is -2.45. The molecule has 1 saturated heterocycles. The van der Waals surface area contributed by atoms with Crippen LogP contribution in [0.25, 0.3) is 0 Å². The maximum Gasteiger partial charge on any atom is 0.253 e. The van der Waals surface area contributed by atoms with E-state index in [1.807, 2.05) is 66.4 Å². The zero-order valence-electron chi connectivity index (χ0n) is 14.4. The summed E-state index contributed by atoms with van der Waals surface area (Å²) in [6.07, 6.45) is 2.12. The lowest BCUT2D eigenvalue weighted by Gasteiger charge is -2.34. The van der Waals surface area contributed by atoms with E-state index in [-0.39, 0.29) is 24.4 Å². The summed E-state index contributed by atoms with van der Waals surface area (Å²) >= 11 is 0. The van der Waals surface area contributed by atoms with Crippen LogP contribution < -0.4 is 10.5 Å². The van der Waals surface area contributed by atoms with Gasteiger partial charge in [0, 0.05) is 24.7 Å². The van der Waals surface area contributed by atoms with E-state index in [2.05, 4.69) is 0 Å². The Morgan fingerprint density at radius 3 is 2.40 bits per heavy atom. The highest BCUT2D eigenvalue weighted by Crippen LogP contribution is 2.23. The number of benzene rings is 2. The molecule has 0 saturated carbocycles. The molecule has 1 amide bonds. The molecule has 2 unspecified atom stereocenters. The fraction of sp³-hybridized carbons (Fsp3) is 0.350. The largest absolute Gasteiger partial charge is 0.457 e. The Bertz CT molecular complexity index is 674. The average molecular weight is 361 g/mol. The van der Waals surface area contributed by atoms with Gasteiger partial charge in [0.1, 0.15) is 11.5 Å². The summed E-state index contributed by atoms with van der Waals surface area (Å²) in [7, 11) is 0.